The minimum absolute atomic E-state index is 0.0819. The summed E-state index contributed by atoms with van der Waals surface area (Å²) in [5, 5.41) is 9.61. The maximum atomic E-state index is 15.0. The predicted octanol–water partition coefficient (Wildman–Crippen LogP) is 9.20. The van der Waals surface area contributed by atoms with Crippen molar-refractivity contribution >= 4 is 5.97 Å². The maximum absolute atomic E-state index is 15.0. The van der Waals surface area contributed by atoms with Crippen molar-refractivity contribution in [3.05, 3.63) is 47.5 Å². The van der Waals surface area contributed by atoms with Gasteiger partial charge in [-0.1, -0.05) is 84.5 Å². The molecule has 0 fully saturated rings. The molecule has 1 N–H and O–H groups in total. The number of ether oxygens (including phenoxy) is 2. The van der Waals surface area contributed by atoms with E-state index in [4.69, 9.17) is 9.47 Å². The summed E-state index contributed by atoms with van der Waals surface area (Å²) < 4.78 is 41.1. The van der Waals surface area contributed by atoms with Crippen LogP contribution in [0.3, 0.4) is 0 Å². The summed E-state index contributed by atoms with van der Waals surface area (Å²) in [5.41, 5.74) is -0.158. The molecule has 0 bridgehead atoms. The number of unbranched alkanes of at least 4 members (excludes halogenated alkanes) is 11. The summed E-state index contributed by atoms with van der Waals surface area (Å²) in [4.78, 5) is 11.8. The van der Waals surface area contributed by atoms with Crippen LogP contribution in [0.25, 0.3) is 11.1 Å². The lowest BCUT2D eigenvalue weighted by molar-refractivity contribution is 0.0697. The Hall–Kier alpha value is -2.63. The van der Waals surface area contributed by atoms with Gasteiger partial charge in [-0.2, -0.15) is 4.39 Å². The fourth-order valence-electron chi connectivity index (χ4n) is 4.19. The Morgan fingerprint density at radius 3 is 1.83 bits per heavy atom. The summed E-state index contributed by atoms with van der Waals surface area (Å²) in [6.45, 7) is 5.15. The number of carboxylic acids is 1. The van der Waals surface area contributed by atoms with Crippen LogP contribution in [0.15, 0.2) is 30.3 Å². The summed E-state index contributed by atoms with van der Waals surface area (Å²) in [5.74, 6) is -3.17. The third-order valence-corrected chi connectivity index (χ3v) is 6.33. The molecule has 4 nitrogen and oxygen atoms in total. The number of aromatic carboxylic acids is 1. The standard InChI is InChI=1S/C30H42F2O4/c1-3-5-7-9-11-13-14-20-35-23-16-17-25(30(33)34)26(22-23)24-18-19-27(29(32)28(24)31)36-21-15-12-10-8-6-4-2/h16-19,22H,3-15,20-21H2,1-2H3,(H,33,34). The molecular formula is C30H42F2O4. The van der Waals surface area contributed by atoms with Gasteiger partial charge >= 0.3 is 5.97 Å². The number of halogens is 2. The molecule has 0 atom stereocenters. The van der Waals surface area contributed by atoms with Crippen LogP contribution in [-0.2, 0) is 0 Å². The molecule has 0 aromatic heterocycles. The second-order valence-corrected chi connectivity index (χ2v) is 9.34. The molecule has 36 heavy (non-hydrogen) atoms. The number of hydrogen-bond donors (Lipinski definition) is 1. The molecule has 0 radical (unpaired) electrons. The largest absolute Gasteiger partial charge is 0.494 e. The molecular weight excluding hydrogens is 462 g/mol. The minimum atomic E-state index is -1.22. The van der Waals surface area contributed by atoms with Crippen molar-refractivity contribution in [1.82, 2.24) is 0 Å². The van der Waals surface area contributed by atoms with Crippen LogP contribution < -0.4 is 9.47 Å². The first-order chi connectivity index (χ1) is 17.5. The first-order valence-electron chi connectivity index (χ1n) is 13.6. The van der Waals surface area contributed by atoms with Gasteiger partial charge in [0.05, 0.1) is 18.8 Å². The SMILES string of the molecule is CCCCCCCCCOc1ccc(C(=O)O)c(-c2ccc(OCCCCCCCC)c(F)c2F)c1. The highest BCUT2D eigenvalue weighted by atomic mass is 19.2. The van der Waals surface area contributed by atoms with Gasteiger partial charge in [0.1, 0.15) is 5.75 Å². The molecule has 0 spiro atoms. The van der Waals surface area contributed by atoms with Crippen LogP contribution in [0.2, 0.25) is 0 Å². The number of benzene rings is 2. The number of hydrogen-bond acceptors (Lipinski definition) is 3. The average molecular weight is 505 g/mol. The Kier molecular flexibility index (Phi) is 13.9. The Balaban J connectivity index is 2.01. The molecule has 6 heteroatoms. The zero-order valence-electron chi connectivity index (χ0n) is 21.9. The highest BCUT2D eigenvalue weighted by molar-refractivity contribution is 5.96. The minimum Gasteiger partial charge on any atom is -0.494 e. The lowest BCUT2D eigenvalue weighted by Gasteiger charge is -2.14. The molecule has 0 saturated heterocycles. The highest BCUT2D eigenvalue weighted by Crippen LogP contribution is 2.34. The molecule has 2 rings (SSSR count). The van der Waals surface area contributed by atoms with Gasteiger partial charge < -0.3 is 14.6 Å². The maximum Gasteiger partial charge on any atom is 0.336 e. The van der Waals surface area contributed by atoms with E-state index in [-0.39, 0.29) is 22.4 Å². The van der Waals surface area contributed by atoms with Crippen LogP contribution in [0.5, 0.6) is 11.5 Å². The van der Waals surface area contributed by atoms with Crippen molar-refractivity contribution in [3.8, 4) is 22.6 Å². The van der Waals surface area contributed by atoms with E-state index in [9.17, 15) is 14.3 Å². The van der Waals surface area contributed by atoms with E-state index >= 15 is 4.39 Å². The fourth-order valence-corrected chi connectivity index (χ4v) is 4.19. The lowest BCUT2D eigenvalue weighted by atomic mass is 9.98. The van der Waals surface area contributed by atoms with E-state index < -0.39 is 17.6 Å². The Morgan fingerprint density at radius 1 is 0.694 bits per heavy atom. The molecule has 0 aliphatic carbocycles. The molecule has 0 unspecified atom stereocenters. The van der Waals surface area contributed by atoms with Gasteiger partial charge in [0.25, 0.3) is 0 Å². The van der Waals surface area contributed by atoms with Crippen molar-refractivity contribution in [3.63, 3.8) is 0 Å². The van der Waals surface area contributed by atoms with Gasteiger partial charge in [0.2, 0.25) is 5.82 Å². The van der Waals surface area contributed by atoms with E-state index in [0.29, 0.717) is 19.0 Å². The van der Waals surface area contributed by atoms with Gasteiger partial charge in [-0.15, -0.1) is 0 Å². The van der Waals surface area contributed by atoms with Gasteiger partial charge in [-0.25, -0.2) is 9.18 Å². The van der Waals surface area contributed by atoms with Crippen molar-refractivity contribution < 1.29 is 28.2 Å². The van der Waals surface area contributed by atoms with Crippen molar-refractivity contribution in [2.75, 3.05) is 13.2 Å². The first kappa shape index (κ1) is 29.6. The van der Waals surface area contributed by atoms with E-state index in [0.717, 1.165) is 38.5 Å². The Morgan fingerprint density at radius 2 is 1.25 bits per heavy atom. The topological polar surface area (TPSA) is 55.8 Å². The summed E-state index contributed by atoms with van der Waals surface area (Å²) in [6, 6.07) is 7.14. The lowest BCUT2D eigenvalue weighted by Crippen LogP contribution is -2.05. The quantitative estimate of drug-likeness (QED) is 0.194. The third kappa shape index (κ3) is 9.79. The molecule has 0 amide bonds. The fraction of sp³-hybridized carbons (Fsp3) is 0.567. The molecule has 0 aliphatic heterocycles. The van der Waals surface area contributed by atoms with E-state index in [1.807, 2.05) is 0 Å². The van der Waals surface area contributed by atoms with Gasteiger partial charge in [0.15, 0.2) is 11.6 Å². The summed E-state index contributed by atoms with van der Waals surface area (Å²) in [6.07, 6.45) is 14.4. The van der Waals surface area contributed by atoms with E-state index in [1.54, 1.807) is 6.07 Å². The van der Waals surface area contributed by atoms with Crippen LogP contribution in [0.1, 0.15) is 108 Å². The van der Waals surface area contributed by atoms with Crippen LogP contribution in [-0.4, -0.2) is 24.3 Å². The summed E-state index contributed by atoms with van der Waals surface area (Å²) in [7, 11) is 0. The van der Waals surface area contributed by atoms with Crippen molar-refractivity contribution in [1.29, 1.82) is 0 Å². The smallest absolute Gasteiger partial charge is 0.336 e. The Bertz CT molecular complexity index is 929. The molecule has 200 valence electrons. The van der Waals surface area contributed by atoms with Crippen LogP contribution in [0, 0.1) is 11.6 Å². The molecule has 0 saturated carbocycles. The molecule has 2 aromatic rings. The average Bonchev–Trinajstić information content (AvgIpc) is 2.87. The zero-order chi connectivity index (χ0) is 26.2. The molecule has 0 heterocycles. The van der Waals surface area contributed by atoms with E-state index in [1.165, 1.54) is 69.2 Å². The molecule has 2 aromatic carbocycles. The monoisotopic (exact) mass is 504 g/mol. The van der Waals surface area contributed by atoms with Crippen molar-refractivity contribution in [2.45, 2.75) is 97.3 Å². The zero-order valence-corrected chi connectivity index (χ0v) is 21.9. The Labute approximate surface area is 215 Å². The second-order valence-electron chi connectivity index (χ2n) is 9.34. The van der Waals surface area contributed by atoms with Gasteiger partial charge in [-0.3, -0.25) is 0 Å². The molecule has 0 aliphatic rings. The predicted molar refractivity (Wildman–Crippen MR) is 141 cm³/mol. The number of rotatable bonds is 19. The van der Waals surface area contributed by atoms with Crippen LogP contribution in [0.4, 0.5) is 8.78 Å². The normalized spacial score (nSPS) is 11.0. The number of carboxylic acid groups (broad SMARTS) is 1. The van der Waals surface area contributed by atoms with Gasteiger partial charge in [0, 0.05) is 11.1 Å². The highest BCUT2D eigenvalue weighted by Gasteiger charge is 2.21. The van der Waals surface area contributed by atoms with Crippen LogP contribution >= 0.6 is 0 Å². The van der Waals surface area contributed by atoms with Crippen molar-refractivity contribution in [2.24, 2.45) is 0 Å². The third-order valence-electron chi connectivity index (χ3n) is 6.33. The van der Waals surface area contributed by atoms with E-state index in [2.05, 4.69) is 13.8 Å². The van der Waals surface area contributed by atoms with Gasteiger partial charge in [-0.05, 0) is 43.2 Å². The number of carbonyl (C=O) groups is 1. The first-order valence-corrected chi connectivity index (χ1v) is 13.6. The summed E-state index contributed by atoms with van der Waals surface area (Å²) >= 11 is 0. The second kappa shape index (κ2) is 16.9.